The number of H-pyrrole nitrogens is 1. The third kappa shape index (κ3) is 3.90. The van der Waals surface area contributed by atoms with Crippen LogP contribution in [0, 0.1) is 5.92 Å². The van der Waals surface area contributed by atoms with Gasteiger partial charge in [-0.3, -0.25) is 19.5 Å². The summed E-state index contributed by atoms with van der Waals surface area (Å²) in [4.78, 5) is 41.7. The van der Waals surface area contributed by atoms with Crippen LogP contribution in [0.5, 0.6) is 0 Å². The Balaban J connectivity index is 1.35. The predicted molar refractivity (Wildman–Crippen MR) is 115 cm³/mol. The summed E-state index contributed by atoms with van der Waals surface area (Å²) in [5, 5.41) is 0. The smallest absolute Gasteiger partial charge is 0.263 e. The maximum absolute atomic E-state index is 13.2. The van der Waals surface area contributed by atoms with Crippen LogP contribution in [0.15, 0.2) is 53.7 Å². The minimum atomic E-state index is -0.274. The molecule has 3 aromatic rings. The normalized spacial score (nSPS) is 20.3. The van der Waals surface area contributed by atoms with Gasteiger partial charge < -0.3 is 14.5 Å². The van der Waals surface area contributed by atoms with Crippen molar-refractivity contribution in [2.75, 3.05) is 20.1 Å². The third-order valence-electron chi connectivity index (χ3n) is 6.31. The Morgan fingerprint density at radius 2 is 2.06 bits per heavy atom. The van der Waals surface area contributed by atoms with Crippen molar-refractivity contribution in [3.63, 3.8) is 0 Å². The second kappa shape index (κ2) is 8.11. The minimum absolute atomic E-state index is 0.179. The van der Waals surface area contributed by atoms with Crippen molar-refractivity contribution >= 4 is 5.91 Å². The van der Waals surface area contributed by atoms with Gasteiger partial charge in [-0.15, -0.1) is 0 Å². The van der Waals surface area contributed by atoms with Gasteiger partial charge in [-0.2, -0.15) is 0 Å². The summed E-state index contributed by atoms with van der Waals surface area (Å²) in [6, 6.07) is 9.68. The fourth-order valence-electron chi connectivity index (χ4n) is 4.94. The molecule has 0 aliphatic carbocycles. The SMILES string of the molecule is CN(Cc1ncc[nH]1)C(=O)c1ccc2n(c1=O)C[C@H]1C[C@@H]2CN(Cc2ccccn2)C1. The van der Waals surface area contributed by atoms with E-state index < -0.39 is 0 Å². The molecule has 1 amide bonds. The molecule has 1 N–H and O–H groups in total. The number of hydrogen-bond acceptors (Lipinski definition) is 5. The van der Waals surface area contributed by atoms with E-state index in [9.17, 15) is 9.59 Å². The summed E-state index contributed by atoms with van der Waals surface area (Å²) in [5.74, 6) is 1.12. The number of aromatic amines is 1. The molecular formula is C23H26N6O2. The quantitative estimate of drug-likeness (QED) is 0.683. The number of rotatable bonds is 5. The summed E-state index contributed by atoms with van der Waals surface area (Å²) in [5.41, 5.74) is 2.16. The first kappa shape index (κ1) is 19.7. The second-order valence-corrected chi connectivity index (χ2v) is 8.60. The molecule has 31 heavy (non-hydrogen) atoms. The standard InChI is InChI=1S/C23H26N6O2/c1-27(15-21-25-8-9-26-21)22(30)19-5-6-20-17-10-16(12-29(20)23(19)31)11-28(13-17)14-18-4-2-3-7-24-18/h2-9,16-17H,10-15H2,1H3,(H,25,26)/t16-,17+/m0/s1. The van der Waals surface area contributed by atoms with E-state index in [1.807, 2.05) is 29.0 Å². The Labute approximate surface area is 180 Å². The van der Waals surface area contributed by atoms with Gasteiger partial charge >= 0.3 is 0 Å². The Kier molecular flexibility index (Phi) is 5.15. The number of likely N-dealkylation sites (tertiary alicyclic amines) is 1. The first-order valence-corrected chi connectivity index (χ1v) is 10.7. The number of amides is 1. The van der Waals surface area contributed by atoms with E-state index in [0.29, 0.717) is 30.7 Å². The topological polar surface area (TPSA) is 87.1 Å². The van der Waals surface area contributed by atoms with Crippen LogP contribution in [0.1, 0.15) is 39.9 Å². The monoisotopic (exact) mass is 418 g/mol. The lowest BCUT2D eigenvalue weighted by Crippen LogP contribution is -2.47. The molecule has 5 rings (SSSR count). The van der Waals surface area contributed by atoms with E-state index in [4.69, 9.17) is 0 Å². The Morgan fingerprint density at radius 1 is 1.16 bits per heavy atom. The van der Waals surface area contributed by atoms with Crippen molar-refractivity contribution in [3.8, 4) is 0 Å². The van der Waals surface area contributed by atoms with Gasteiger partial charge in [-0.1, -0.05) is 6.07 Å². The maximum atomic E-state index is 13.2. The summed E-state index contributed by atoms with van der Waals surface area (Å²) in [7, 11) is 1.69. The summed E-state index contributed by atoms with van der Waals surface area (Å²) in [6.45, 7) is 3.66. The Bertz CT molecular complexity index is 1120. The highest BCUT2D eigenvalue weighted by Gasteiger charge is 2.35. The van der Waals surface area contributed by atoms with Crippen LogP contribution >= 0.6 is 0 Å². The number of nitrogens with zero attached hydrogens (tertiary/aromatic N) is 5. The number of carbonyl (C=O) groups excluding carboxylic acids is 1. The molecule has 0 radical (unpaired) electrons. The van der Waals surface area contributed by atoms with Crippen molar-refractivity contribution in [1.29, 1.82) is 0 Å². The highest BCUT2D eigenvalue weighted by atomic mass is 16.2. The minimum Gasteiger partial charge on any atom is -0.347 e. The number of carbonyl (C=O) groups is 1. The Morgan fingerprint density at radius 3 is 2.84 bits per heavy atom. The van der Waals surface area contributed by atoms with Gasteiger partial charge in [0.15, 0.2) is 0 Å². The van der Waals surface area contributed by atoms with Gasteiger partial charge in [-0.05, 0) is 36.6 Å². The molecule has 5 heterocycles. The zero-order valence-electron chi connectivity index (χ0n) is 17.6. The van der Waals surface area contributed by atoms with E-state index in [0.717, 1.165) is 37.4 Å². The van der Waals surface area contributed by atoms with Gasteiger partial charge in [0.05, 0.1) is 12.2 Å². The number of hydrogen-bond donors (Lipinski definition) is 1. The van der Waals surface area contributed by atoms with Crippen LogP contribution in [0.25, 0.3) is 0 Å². The van der Waals surface area contributed by atoms with Crippen molar-refractivity contribution in [2.24, 2.45) is 5.92 Å². The number of piperidine rings is 1. The lowest BCUT2D eigenvalue weighted by molar-refractivity contribution is 0.0776. The summed E-state index contributed by atoms with van der Waals surface area (Å²) >= 11 is 0. The molecule has 1 saturated heterocycles. The van der Waals surface area contributed by atoms with Crippen molar-refractivity contribution < 1.29 is 4.79 Å². The zero-order chi connectivity index (χ0) is 21.4. The van der Waals surface area contributed by atoms with Crippen LogP contribution in [-0.2, 0) is 19.6 Å². The lowest BCUT2D eigenvalue weighted by Gasteiger charge is -2.42. The van der Waals surface area contributed by atoms with Crippen molar-refractivity contribution in [1.82, 2.24) is 29.3 Å². The molecule has 0 aromatic carbocycles. The van der Waals surface area contributed by atoms with Crippen molar-refractivity contribution in [3.05, 3.63) is 82.1 Å². The van der Waals surface area contributed by atoms with E-state index in [1.165, 1.54) is 4.90 Å². The molecule has 2 bridgehead atoms. The largest absolute Gasteiger partial charge is 0.347 e. The fourth-order valence-corrected chi connectivity index (χ4v) is 4.94. The van der Waals surface area contributed by atoms with E-state index in [-0.39, 0.29) is 17.0 Å². The molecule has 0 spiro atoms. The molecule has 3 aromatic heterocycles. The molecule has 2 atom stereocenters. The first-order valence-electron chi connectivity index (χ1n) is 10.7. The van der Waals surface area contributed by atoms with E-state index >= 15 is 0 Å². The van der Waals surface area contributed by atoms with Crippen LogP contribution in [0.3, 0.4) is 0 Å². The fraction of sp³-hybridized carbons (Fsp3) is 0.391. The average Bonchev–Trinajstić information content (AvgIpc) is 3.28. The molecule has 0 unspecified atom stereocenters. The van der Waals surface area contributed by atoms with Gasteiger partial charge in [0.25, 0.3) is 11.5 Å². The number of pyridine rings is 2. The second-order valence-electron chi connectivity index (χ2n) is 8.60. The average molecular weight is 419 g/mol. The molecule has 160 valence electrons. The third-order valence-corrected chi connectivity index (χ3v) is 6.31. The molecule has 2 aliphatic heterocycles. The maximum Gasteiger partial charge on any atom is 0.263 e. The van der Waals surface area contributed by atoms with Crippen LogP contribution in [-0.4, -0.2) is 55.4 Å². The highest BCUT2D eigenvalue weighted by Crippen LogP contribution is 2.35. The van der Waals surface area contributed by atoms with Crippen LogP contribution < -0.4 is 5.56 Å². The van der Waals surface area contributed by atoms with E-state index in [2.05, 4.69) is 25.9 Å². The molecule has 8 heteroatoms. The van der Waals surface area contributed by atoms with Gasteiger partial charge in [0.2, 0.25) is 0 Å². The molecule has 1 fully saturated rings. The molecule has 0 saturated carbocycles. The highest BCUT2D eigenvalue weighted by molar-refractivity contribution is 5.93. The van der Waals surface area contributed by atoms with Crippen molar-refractivity contribution in [2.45, 2.75) is 32.0 Å². The molecule has 2 aliphatic rings. The van der Waals surface area contributed by atoms with Gasteiger partial charge in [0, 0.05) is 63.4 Å². The van der Waals surface area contributed by atoms with Gasteiger partial charge in [0.1, 0.15) is 11.4 Å². The molecular weight excluding hydrogens is 392 g/mol. The number of nitrogens with one attached hydrogen (secondary N) is 1. The number of aromatic nitrogens is 4. The zero-order valence-corrected chi connectivity index (χ0v) is 17.6. The van der Waals surface area contributed by atoms with Crippen LogP contribution in [0.2, 0.25) is 0 Å². The lowest BCUT2D eigenvalue weighted by atomic mass is 9.83. The number of imidazole rings is 1. The Hall–Kier alpha value is -3.26. The summed E-state index contributed by atoms with van der Waals surface area (Å²) in [6.07, 6.45) is 6.29. The van der Waals surface area contributed by atoms with E-state index in [1.54, 1.807) is 25.5 Å². The molecule has 8 nitrogen and oxygen atoms in total. The number of fused-ring (bicyclic) bond motifs is 4. The van der Waals surface area contributed by atoms with Gasteiger partial charge in [-0.25, -0.2) is 4.98 Å². The predicted octanol–water partition coefficient (Wildman–Crippen LogP) is 1.86. The summed E-state index contributed by atoms with van der Waals surface area (Å²) < 4.78 is 1.84. The van der Waals surface area contributed by atoms with Crippen LogP contribution in [0.4, 0.5) is 0 Å². The first-order chi connectivity index (χ1) is 15.1.